The smallest absolute Gasteiger partial charge is 0.000674 e. The van der Waals surface area contributed by atoms with Gasteiger partial charge in [-0.05, 0) is 38.4 Å². The number of unbranched alkanes of at least 4 members (excludes halogenated alkanes) is 1. The summed E-state index contributed by atoms with van der Waals surface area (Å²) in [5.74, 6) is 0.803. The molecule has 0 saturated heterocycles. The number of hydrogen-bond acceptors (Lipinski definition) is 1. The second-order valence-corrected chi connectivity index (χ2v) is 4.96. The SMILES string of the molecule is CCCCC(Cc1ccccc1)CN(C)C. The van der Waals surface area contributed by atoms with Gasteiger partial charge >= 0.3 is 0 Å². The van der Waals surface area contributed by atoms with Crippen LogP contribution in [0.4, 0.5) is 0 Å². The lowest BCUT2D eigenvalue weighted by Crippen LogP contribution is -2.23. The van der Waals surface area contributed by atoms with Crippen molar-refractivity contribution in [3.8, 4) is 0 Å². The minimum Gasteiger partial charge on any atom is -0.309 e. The van der Waals surface area contributed by atoms with E-state index in [4.69, 9.17) is 0 Å². The van der Waals surface area contributed by atoms with Crippen molar-refractivity contribution in [2.45, 2.75) is 32.6 Å². The molecule has 0 aliphatic heterocycles. The predicted octanol–water partition coefficient (Wildman–Crippen LogP) is 3.60. The standard InChI is InChI=1S/C15H25N/c1-4-5-9-15(13-16(2)3)12-14-10-7-6-8-11-14/h6-8,10-11,15H,4-5,9,12-13H2,1-3H3. The summed E-state index contributed by atoms with van der Waals surface area (Å²) in [4.78, 5) is 2.31. The first-order valence-electron chi connectivity index (χ1n) is 6.41. The third-order valence-corrected chi connectivity index (χ3v) is 2.96. The van der Waals surface area contributed by atoms with E-state index >= 15 is 0 Å². The highest BCUT2D eigenvalue weighted by atomic mass is 15.1. The van der Waals surface area contributed by atoms with E-state index in [-0.39, 0.29) is 0 Å². The van der Waals surface area contributed by atoms with E-state index in [0.29, 0.717) is 0 Å². The normalized spacial score (nSPS) is 13.0. The molecule has 0 N–H and O–H groups in total. The van der Waals surface area contributed by atoms with E-state index in [9.17, 15) is 0 Å². The van der Waals surface area contributed by atoms with Gasteiger partial charge in [0.15, 0.2) is 0 Å². The lowest BCUT2D eigenvalue weighted by molar-refractivity contribution is 0.305. The monoisotopic (exact) mass is 219 g/mol. The molecule has 1 heteroatoms. The van der Waals surface area contributed by atoms with Crippen LogP contribution in [-0.4, -0.2) is 25.5 Å². The van der Waals surface area contributed by atoms with E-state index < -0.39 is 0 Å². The Kier molecular flexibility index (Phi) is 6.17. The van der Waals surface area contributed by atoms with Crippen molar-refractivity contribution in [1.29, 1.82) is 0 Å². The summed E-state index contributed by atoms with van der Waals surface area (Å²) in [5.41, 5.74) is 1.48. The van der Waals surface area contributed by atoms with Gasteiger partial charge in [0.1, 0.15) is 0 Å². The zero-order valence-corrected chi connectivity index (χ0v) is 10.9. The molecule has 0 heterocycles. The van der Waals surface area contributed by atoms with E-state index in [1.807, 2.05) is 0 Å². The van der Waals surface area contributed by atoms with Crippen LogP contribution in [0.25, 0.3) is 0 Å². The van der Waals surface area contributed by atoms with Gasteiger partial charge in [-0.15, -0.1) is 0 Å². The highest BCUT2D eigenvalue weighted by Crippen LogP contribution is 2.16. The molecular weight excluding hydrogens is 194 g/mol. The third-order valence-electron chi connectivity index (χ3n) is 2.96. The fourth-order valence-electron chi connectivity index (χ4n) is 2.21. The molecule has 0 fully saturated rings. The van der Waals surface area contributed by atoms with Crippen LogP contribution in [0.2, 0.25) is 0 Å². The van der Waals surface area contributed by atoms with Crippen LogP contribution in [0.1, 0.15) is 31.7 Å². The molecule has 1 atom stereocenters. The molecule has 0 bridgehead atoms. The van der Waals surface area contributed by atoms with Crippen molar-refractivity contribution in [2.24, 2.45) is 5.92 Å². The van der Waals surface area contributed by atoms with Crippen LogP contribution >= 0.6 is 0 Å². The van der Waals surface area contributed by atoms with Crippen LogP contribution in [0.5, 0.6) is 0 Å². The Balaban J connectivity index is 2.49. The number of hydrogen-bond donors (Lipinski definition) is 0. The van der Waals surface area contributed by atoms with Crippen molar-refractivity contribution in [1.82, 2.24) is 4.90 Å². The number of benzene rings is 1. The van der Waals surface area contributed by atoms with Gasteiger partial charge in [0, 0.05) is 6.54 Å². The Labute approximate surface area is 100 Å². The third kappa shape index (κ3) is 5.32. The van der Waals surface area contributed by atoms with Crippen LogP contribution in [0.3, 0.4) is 0 Å². The van der Waals surface area contributed by atoms with Gasteiger partial charge in [-0.2, -0.15) is 0 Å². The summed E-state index contributed by atoms with van der Waals surface area (Å²) in [6.45, 7) is 3.48. The highest BCUT2D eigenvalue weighted by Gasteiger charge is 2.10. The van der Waals surface area contributed by atoms with Gasteiger partial charge in [0.05, 0.1) is 0 Å². The highest BCUT2D eigenvalue weighted by molar-refractivity contribution is 5.15. The number of rotatable bonds is 7. The molecule has 0 aliphatic rings. The molecule has 1 aromatic carbocycles. The van der Waals surface area contributed by atoms with Gasteiger partial charge < -0.3 is 4.90 Å². The molecule has 1 nitrogen and oxygen atoms in total. The Bertz CT molecular complexity index is 266. The largest absolute Gasteiger partial charge is 0.309 e. The van der Waals surface area contributed by atoms with E-state index in [0.717, 1.165) is 5.92 Å². The van der Waals surface area contributed by atoms with Crippen molar-refractivity contribution in [3.63, 3.8) is 0 Å². The van der Waals surface area contributed by atoms with Gasteiger partial charge in [0.25, 0.3) is 0 Å². The average molecular weight is 219 g/mol. The summed E-state index contributed by atoms with van der Waals surface area (Å²) in [6, 6.07) is 10.9. The van der Waals surface area contributed by atoms with Crippen LogP contribution < -0.4 is 0 Å². The maximum Gasteiger partial charge on any atom is 0.000674 e. The van der Waals surface area contributed by atoms with Crippen LogP contribution in [-0.2, 0) is 6.42 Å². The Morgan fingerprint density at radius 2 is 1.81 bits per heavy atom. The lowest BCUT2D eigenvalue weighted by Gasteiger charge is -2.21. The van der Waals surface area contributed by atoms with Crippen molar-refractivity contribution >= 4 is 0 Å². The lowest BCUT2D eigenvalue weighted by atomic mass is 9.94. The average Bonchev–Trinajstić information content (AvgIpc) is 2.26. The molecule has 90 valence electrons. The van der Waals surface area contributed by atoms with E-state index in [1.165, 1.54) is 37.8 Å². The quantitative estimate of drug-likeness (QED) is 0.677. The van der Waals surface area contributed by atoms with Crippen molar-refractivity contribution < 1.29 is 0 Å². The predicted molar refractivity (Wildman–Crippen MR) is 71.7 cm³/mol. The zero-order chi connectivity index (χ0) is 11.8. The summed E-state index contributed by atoms with van der Waals surface area (Å²) >= 11 is 0. The summed E-state index contributed by atoms with van der Waals surface area (Å²) in [5, 5.41) is 0. The van der Waals surface area contributed by atoms with Gasteiger partial charge in [-0.25, -0.2) is 0 Å². The maximum absolute atomic E-state index is 2.31. The second-order valence-electron chi connectivity index (χ2n) is 4.96. The fourth-order valence-corrected chi connectivity index (χ4v) is 2.21. The molecule has 1 aromatic rings. The minimum absolute atomic E-state index is 0.803. The van der Waals surface area contributed by atoms with E-state index in [1.54, 1.807) is 0 Å². The van der Waals surface area contributed by atoms with Crippen molar-refractivity contribution in [3.05, 3.63) is 35.9 Å². The summed E-state index contributed by atoms with van der Waals surface area (Å²) < 4.78 is 0. The molecular formula is C15H25N. The summed E-state index contributed by atoms with van der Waals surface area (Å²) in [6.07, 6.45) is 5.23. The second kappa shape index (κ2) is 7.45. The molecule has 16 heavy (non-hydrogen) atoms. The Hall–Kier alpha value is -0.820. The summed E-state index contributed by atoms with van der Waals surface area (Å²) in [7, 11) is 4.34. The topological polar surface area (TPSA) is 3.24 Å². The Morgan fingerprint density at radius 1 is 1.12 bits per heavy atom. The molecule has 1 unspecified atom stereocenters. The fraction of sp³-hybridized carbons (Fsp3) is 0.600. The van der Waals surface area contributed by atoms with Crippen LogP contribution in [0.15, 0.2) is 30.3 Å². The maximum atomic E-state index is 2.31. The molecule has 0 aliphatic carbocycles. The molecule has 0 amide bonds. The minimum atomic E-state index is 0.803. The molecule has 0 spiro atoms. The first-order chi connectivity index (χ1) is 7.72. The first kappa shape index (κ1) is 13.2. The van der Waals surface area contributed by atoms with Gasteiger partial charge in [-0.3, -0.25) is 0 Å². The zero-order valence-electron chi connectivity index (χ0n) is 10.9. The molecule has 0 aromatic heterocycles. The van der Waals surface area contributed by atoms with Crippen LogP contribution in [0, 0.1) is 5.92 Å². The first-order valence-corrected chi connectivity index (χ1v) is 6.41. The molecule has 0 radical (unpaired) electrons. The van der Waals surface area contributed by atoms with Gasteiger partial charge in [-0.1, -0.05) is 50.1 Å². The Morgan fingerprint density at radius 3 is 2.38 bits per heavy atom. The molecule has 1 rings (SSSR count). The van der Waals surface area contributed by atoms with Crippen molar-refractivity contribution in [2.75, 3.05) is 20.6 Å². The van der Waals surface area contributed by atoms with E-state index in [2.05, 4.69) is 56.3 Å². The number of nitrogens with zero attached hydrogens (tertiary/aromatic N) is 1. The van der Waals surface area contributed by atoms with Gasteiger partial charge in [0.2, 0.25) is 0 Å². The molecule has 0 saturated carbocycles.